The summed E-state index contributed by atoms with van der Waals surface area (Å²) in [4.78, 5) is 15.0. The molecule has 6 aromatic rings. The van der Waals surface area contributed by atoms with Gasteiger partial charge >= 0.3 is 0 Å². The molecule has 6 fully saturated rings. The van der Waals surface area contributed by atoms with Crippen molar-refractivity contribution >= 4 is 32.6 Å². The molecule has 4 bridgehead atoms. The van der Waals surface area contributed by atoms with Crippen molar-refractivity contribution < 1.29 is 18.9 Å². The first-order valence-corrected chi connectivity index (χ1v) is 22.4. The highest BCUT2D eigenvalue weighted by Gasteiger charge is 2.45. The highest BCUT2D eigenvalue weighted by atomic mass is 16.5. The van der Waals surface area contributed by atoms with Crippen LogP contribution in [-0.4, -0.2) is 95.7 Å². The van der Waals surface area contributed by atoms with Gasteiger partial charge in [0.2, 0.25) is 11.8 Å². The molecular formula is C50H58N6O4. The van der Waals surface area contributed by atoms with E-state index < -0.39 is 0 Å². The van der Waals surface area contributed by atoms with Crippen molar-refractivity contribution in [3.8, 4) is 23.3 Å². The van der Waals surface area contributed by atoms with Gasteiger partial charge in [0.25, 0.3) is 0 Å². The van der Waals surface area contributed by atoms with Crippen molar-refractivity contribution in [2.45, 2.75) is 76.3 Å². The van der Waals surface area contributed by atoms with E-state index in [0.717, 1.165) is 93.9 Å². The molecule has 10 nitrogen and oxygen atoms in total. The van der Waals surface area contributed by atoms with Gasteiger partial charge in [0, 0.05) is 60.2 Å². The van der Waals surface area contributed by atoms with Crippen LogP contribution in [0.3, 0.4) is 0 Å². The van der Waals surface area contributed by atoms with E-state index >= 15 is 0 Å². The number of pyridine rings is 2. The zero-order valence-electron chi connectivity index (χ0n) is 35.5. The van der Waals surface area contributed by atoms with E-state index in [9.17, 15) is 0 Å². The van der Waals surface area contributed by atoms with E-state index in [1.807, 2.05) is 36.7 Å². The van der Waals surface area contributed by atoms with Gasteiger partial charge in [-0.15, -0.1) is 10.2 Å². The van der Waals surface area contributed by atoms with Gasteiger partial charge < -0.3 is 18.9 Å². The standard InChI is InChI=1S/C50H58N6O4/c1-5-31-27-55-21-17-33(31)23-47(55)43(37-15-19-51-45-13-11-35(57-3)25-41(37)45)29-59-49-39-9-7-8-10-40(39)50(54-53-49)60-30-44(48-24-34-18-22-56(48)28-32(34)6-2)38-16-20-52-46-14-12-36(58-4)26-42(38)46/h7-16,19-20,25-26,31-34,43-44,47-48H,5-6,17-18,21-24,27-30H2,1-4H3/t31?,32?,33-,34?,43+,44+,47?,48?/m1/s1. The van der Waals surface area contributed by atoms with E-state index in [1.54, 1.807) is 14.2 Å². The molecule has 0 aliphatic carbocycles. The predicted octanol–water partition coefficient (Wildman–Crippen LogP) is 9.31. The van der Waals surface area contributed by atoms with E-state index in [4.69, 9.17) is 39.1 Å². The SMILES string of the molecule is CCC1CN2CCC1CC2[C@@H](COc1nnc(OC[C@@H](c2ccnc3ccc(OC)cc23)C2C[C@H]3CCN2CC3CC)c2ccccc12)c1ccnc2ccc(OC)cc12. The average molecular weight is 807 g/mol. The number of piperidine rings is 6. The zero-order chi connectivity index (χ0) is 40.7. The summed E-state index contributed by atoms with van der Waals surface area (Å²) in [5.41, 5.74) is 4.42. The van der Waals surface area contributed by atoms with Gasteiger partial charge in [0.05, 0.1) is 49.2 Å². The Labute approximate surface area is 353 Å². The smallest absolute Gasteiger partial charge is 0.241 e. The molecule has 10 atom stereocenters. The molecule has 9 heterocycles. The first kappa shape index (κ1) is 39.1. The monoisotopic (exact) mass is 806 g/mol. The third-order valence-corrected chi connectivity index (χ3v) is 15.0. The van der Waals surface area contributed by atoms with Crippen LogP contribution in [-0.2, 0) is 0 Å². The van der Waals surface area contributed by atoms with Crippen LogP contribution in [0.4, 0.5) is 0 Å². The Morgan fingerprint density at radius 2 is 1.07 bits per heavy atom. The second-order valence-corrected chi connectivity index (χ2v) is 17.8. The van der Waals surface area contributed by atoms with Gasteiger partial charge in [-0.2, -0.15) is 0 Å². The maximum atomic E-state index is 6.89. The molecular weight excluding hydrogens is 749 g/mol. The molecule has 0 saturated carbocycles. The Bertz CT molecular complexity index is 2310. The fourth-order valence-electron chi connectivity index (χ4n) is 11.7. The maximum Gasteiger partial charge on any atom is 0.241 e. The molecule has 0 radical (unpaired) electrons. The lowest BCUT2D eigenvalue weighted by atomic mass is 9.70. The third-order valence-electron chi connectivity index (χ3n) is 15.0. The predicted molar refractivity (Wildman–Crippen MR) is 236 cm³/mol. The minimum atomic E-state index is 0.0994. The minimum absolute atomic E-state index is 0.0994. The van der Waals surface area contributed by atoms with E-state index in [-0.39, 0.29) is 11.8 Å². The van der Waals surface area contributed by atoms with Crippen LogP contribution in [0.5, 0.6) is 23.3 Å². The number of nitrogens with zero attached hydrogens (tertiary/aromatic N) is 6. The largest absolute Gasteiger partial charge is 0.497 e. The van der Waals surface area contributed by atoms with Gasteiger partial charge in [-0.05, 0) is 134 Å². The third kappa shape index (κ3) is 7.19. The molecule has 60 heavy (non-hydrogen) atoms. The van der Waals surface area contributed by atoms with Crippen LogP contribution < -0.4 is 18.9 Å². The Balaban J connectivity index is 0.967. The summed E-state index contributed by atoms with van der Waals surface area (Å²) in [6, 6.07) is 25.7. The Morgan fingerprint density at radius 3 is 1.47 bits per heavy atom. The van der Waals surface area contributed by atoms with Crippen molar-refractivity contribution in [1.29, 1.82) is 0 Å². The molecule has 10 heteroatoms. The van der Waals surface area contributed by atoms with Crippen LogP contribution >= 0.6 is 0 Å². The number of hydrogen-bond acceptors (Lipinski definition) is 10. The van der Waals surface area contributed by atoms with Gasteiger partial charge in [0.1, 0.15) is 11.5 Å². The fraction of sp³-hybridized carbons (Fsp3) is 0.480. The number of methoxy groups -OCH3 is 2. The summed E-state index contributed by atoms with van der Waals surface area (Å²) in [6.07, 6.45) is 11.2. The second-order valence-electron chi connectivity index (χ2n) is 17.8. The number of benzene rings is 3. The minimum Gasteiger partial charge on any atom is -0.497 e. The van der Waals surface area contributed by atoms with Crippen LogP contribution in [0, 0.1) is 23.7 Å². The topological polar surface area (TPSA) is 95.0 Å². The van der Waals surface area contributed by atoms with Crippen molar-refractivity contribution in [1.82, 2.24) is 30.0 Å². The summed E-state index contributed by atoms with van der Waals surface area (Å²) in [5.74, 6) is 5.91. The highest BCUT2D eigenvalue weighted by Crippen LogP contribution is 2.46. The van der Waals surface area contributed by atoms with Gasteiger partial charge in [-0.1, -0.05) is 38.8 Å². The van der Waals surface area contributed by atoms with E-state index in [2.05, 4.69) is 72.2 Å². The second kappa shape index (κ2) is 16.8. The van der Waals surface area contributed by atoms with Crippen molar-refractivity contribution in [2.75, 3.05) is 53.6 Å². The molecule has 6 aliphatic heterocycles. The van der Waals surface area contributed by atoms with Crippen molar-refractivity contribution in [3.63, 3.8) is 0 Å². The van der Waals surface area contributed by atoms with E-state index in [0.29, 0.717) is 37.1 Å². The molecule has 3 aromatic heterocycles. The van der Waals surface area contributed by atoms with Crippen LogP contribution in [0.1, 0.15) is 75.3 Å². The van der Waals surface area contributed by atoms with Crippen molar-refractivity contribution in [2.24, 2.45) is 23.7 Å². The summed E-state index contributed by atoms with van der Waals surface area (Å²) >= 11 is 0. The molecule has 0 N–H and O–H groups in total. The maximum absolute atomic E-state index is 6.89. The normalized spacial score (nSPS) is 26.9. The highest BCUT2D eigenvalue weighted by molar-refractivity contribution is 5.90. The zero-order valence-corrected chi connectivity index (χ0v) is 35.5. The van der Waals surface area contributed by atoms with Crippen LogP contribution in [0.15, 0.2) is 85.2 Å². The summed E-state index contributed by atoms with van der Waals surface area (Å²) in [6.45, 7) is 10.2. The number of fused-ring (bicyclic) bond motifs is 9. The molecule has 0 amide bonds. The molecule has 0 spiro atoms. The number of rotatable bonds is 14. The molecule has 6 aliphatic rings. The van der Waals surface area contributed by atoms with Gasteiger partial charge in [-0.25, -0.2) is 0 Å². The molecule has 312 valence electrons. The van der Waals surface area contributed by atoms with Crippen LogP contribution in [0.25, 0.3) is 32.6 Å². The number of aromatic nitrogens is 4. The first-order valence-electron chi connectivity index (χ1n) is 22.4. The quantitative estimate of drug-likeness (QED) is 0.106. The molecule has 12 rings (SSSR count). The van der Waals surface area contributed by atoms with E-state index in [1.165, 1.54) is 49.7 Å². The van der Waals surface area contributed by atoms with Crippen molar-refractivity contribution in [3.05, 3.63) is 96.3 Å². The lowest BCUT2D eigenvalue weighted by molar-refractivity contribution is -0.0177. The molecule has 7 unspecified atom stereocenters. The Hall–Kier alpha value is -5.06. The van der Waals surface area contributed by atoms with Gasteiger partial charge in [0.15, 0.2) is 0 Å². The fourth-order valence-corrected chi connectivity index (χ4v) is 11.7. The Morgan fingerprint density at radius 1 is 0.600 bits per heavy atom. The average Bonchev–Trinajstić information content (AvgIpc) is 3.32. The first-order chi connectivity index (χ1) is 29.5. The lowest BCUT2D eigenvalue weighted by Gasteiger charge is -2.52. The Kier molecular flexibility index (Phi) is 10.9. The summed E-state index contributed by atoms with van der Waals surface area (Å²) in [5, 5.41) is 13.6. The molecule has 6 saturated heterocycles. The summed E-state index contributed by atoms with van der Waals surface area (Å²) < 4.78 is 25.2. The van der Waals surface area contributed by atoms with Gasteiger partial charge in [-0.3, -0.25) is 19.8 Å². The number of hydrogen-bond donors (Lipinski definition) is 0. The lowest BCUT2D eigenvalue weighted by Crippen LogP contribution is -2.55. The molecule has 3 aromatic carbocycles. The van der Waals surface area contributed by atoms with Crippen LogP contribution in [0.2, 0.25) is 0 Å². The number of ether oxygens (including phenoxy) is 4. The summed E-state index contributed by atoms with van der Waals surface area (Å²) in [7, 11) is 3.45.